The molecule has 0 radical (unpaired) electrons. The number of likely N-dealkylation sites (N-methyl/N-ethyl adjacent to an activating group) is 1. The van der Waals surface area contributed by atoms with Crippen LogP contribution in [0.1, 0.15) is 12.5 Å². The molecule has 5 nitrogen and oxygen atoms in total. The highest BCUT2D eigenvalue weighted by atomic mass is 35.5. The lowest BCUT2D eigenvalue weighted by Crippen LogP contribution is -3.12. The molecule has 0 heterocycles. The summed E-state index contributed by atoms with van der Waals surface area (Å²) >= 11 is 12.0. The fraction of sp³-hybridized carbons (Fsp3) is 0.316. The van der Waals surface area contributed by atoms with Crippen molar-refractivity contribution < 1.29 is 19.2 Å². The zero-order valence-electron chi connectivity index (χ0n) is 15.2. The molecule has 0 saturated heterocycles. The third-order valence-electron chi connectivity index (χ3n) is 4.28. The number of hydrogen-bond donors (Lipinski definition) is 2. The number of para-hydroxylation sites is 1. The van der Waals surface area contributed by atoms with Gasteiger partial charge in [-0.2, -0.15) is 0 Å². The smallest absolute Gasteiger partial charge is 0.282 e. The quantitative estimate of drug-likeness (QED) is 0.754. The Morgan fingerprint density at radius 1 is 1.19 bits per heavy atom. The molecule has 0 fully saturated rings. The molecule has 2 rings (SSSR count). The van der Waals surface area contributed by atoms with Crippen LogP contribution < -0.4 is 19.7 Å². The van der Waals surface area contributed by atoms with E-state index in [1.54, 1.807) is 32.4 Å². The van der Waals surface area contributed by atoms with Gasteiger partial charge in [0.25, 0.3) is 5.91 Å². The molecule has 2 aromatic carbocycles. The zero-order valence-corrected chi connectivity index (χ0v) is 16.7. The highest BCUT2D eigenvalue weighted by Gasteiger charge is 2.24. The molecule has 1 unspecified atom stereocenters. The first-order valence-corrected chi connectivity index (χ1v) is 8.91. The lowest BCUT2D eigenvalue weighted by Gasteiger charge is -2.22. The number of ether oxygens (including phenoxy) is 2. The van der Waals surface area contributed by atoms with E-state index in [1.807, 2.05) is 32.2 Å². The zero-order chi connectivity index (χ0) is 19.3. The Morgan fingerprint density at radius 2 is 1.92 bits per heavy atom. The summed E-state index contributed by atoms with van der Waals surface area (Å²) in [5.41, 5.74) is 1.51. The summed E-state index contributed by atoms with van der Waals surface area (Å²) in [5, 5.41) is 3.78. The van der Waals surface area contributed by atoms with Crippen LogP contribution in [0.2, 0.25) is 10.0 Å². The van der Waals surface area contributed by atoms with Crippen LogP contribution in [-0.2, 0) is 11.3 Å². The number of rotatable bonds is 7. The molecule has 0 bridgehead atoms. The van der Waals surface area contributed by atoms with Gasteiger partial charge < -0.3 is 19.7 Å². The van der Waals surface area contributed by atoms with Crippen LogP contribution in [-0.4, -0.2) is 33.2 Å². The van der Waals surface area contributed by atoms with E-state index in [1.165, 1.54) is 0 Å². The minimum absolute atomic E-state index is 0.131. The Hall–Kier alpha value is -1.95. The van der Waals surface area contributed by atoms with Crippen LogP contribution in [0.25, 0.3) is 0 Å². The molecule has 140 valence electrons. The normalized spacial score (nSPS) is 13.0. The number of methoxy groups -OCH3 is 2. The molecule has 1 amide bonds. The first-order valence-electron chi connectivity index (χ1n) is 8.15. The van der Waals surface area contributed by atoms with E-state index in [2.05, 4.69) is 5.32 Å². The second-order valence-corrected chi connectivity index (χ2v) is 6.85. The highest BCUT2D eigenvalue weighted by molar-refractivity contribution is 6.36. The Bertz CT molecular complexity index is 783. The van der Waals surface area contributed by atoms with Crippen LogP contribution in [0.5, 0.6) is 11.5 Å². The number of halogens is 2. The van der Waals surface area contributed by atoms with Crippen LogP contribution >= 0.6 is 23.2 Å². The van der Waals surface area contributed by atoms with E-state index in [4.69, 9.17) is 32.7 Å². The SMILES string of the molecule is COc1cccc(C[NH+](C)[C@H](C)C(=O)Nc2ccc(Cl)cc2Cl)c1OC. The third-order valence-corrected chi connectivity index (χ3v) is 4.82. The summed E-state index contributed by atoms with van der Waals surface area (Å²) < 4.78 is 10.8. The minimum atomic E-state index is -0.308. The highest BCUT2D eigenvalue weighted by Crippen LogP contribution is 2.30. The molecule has 0 aliphatic rings. The van der Waals surface area contributed by atoms with Crippen molar-refractivity contribution in [2.75, 3.05) is 26.6 Å². The van der Waals surface area contributed by atoms with Gasteiger partial charge in [0.15, 0.2) is 17.5 Å². The van der Waals surface area contributed by atoms with Crippen LogP contribution in [0, 0.1) is 0 Å². The number of carbonyl (C=O) groups is 1. The average molecular weight is 398 g/mol. The van der Waals surface area contributed by atoms with Gasteiger partial charge in [-0.25, -0.2) is 0 Å². The van der Waals surface area contributed by atoms with Gasteiger partial charge in [-0.3, -0.25) is 4.79 Å². The molecule has 0 spiro atoms. The maximum absolute atomic E-state index is 12.6. The molecule has 7 heteroatoms. The Kier molecular flexibility index (Phi) is 7.14. The largest absolute Gasteiger partial charge is 0.493 e. The Labute approximate surface area is 163 Å². The summed E-state index contributed by atoms with van der Waals surface area (Å²) in [7, 11) is 5.16. The predicted octanol–water partition coefficient (Wildman–Crippen LogP) is 3.05. The van der Waals surface area contributed by atoms with Gasteiger partial charge in [0.1, 0.15) is 6.54 Å². The van der Waals surface area contributed by atoms with Gasteiger partial charge in [-0.05, 0) is 37.3 Å². The van der Waals surface area contributed by atoms with Gasteiger partial charge in [0.2, 0.25) is 0 Å². The lowest BCUT2D eigenvalue weighted by molar-refractivity contribution is -0.907. The molecule has 0 aliphatic heterocycles. The van der Waals surface area contributed by atoms with Gasteiger partial charge in [0, 0.05) is 5.02 Å². The standard InChI is InChI=1S/C19H22Cl2N2O3/c1-12(19(24)22-16-9-8-14(20)10-15(16)21)23(2)11-13-6-5-7-17(25-3)18(13)26-4/h5-10,12H,11H2,1-4H3,(H,22,24)/p+1/t12-/m1/s1. The first kappa shape index (κ1) is 20.4. The number of anilines is 1. The average Bonchev–Trinajstić information content (AvgIpc) is 2.62. The maximum atomic E-state index is 12.6. The van der Waals surface area contributed by atoms with Crippen molar-refractivity contribution in [2.45, 2.75) is 19.5 Å². The molecule has 0 aliphatic carbocycles. The Balaban J connectivity index is 2.09. The maximum Gasteiger partial charge on any atom is 0.282 e. The number of benzene rings is 2. The summed E-state index contributed by atoms with van der Waals surface area (Å²) in [5.74, 6) is 1.22. The molecule has 0 aromatic heterocycles. The van der Waals surface area contributed by atoms with Crippen molar-refractivity contribution >= 4 is 34.8 Å². The van der Waals surface area contributed by atoms with Crippen molar-refractivity contribution in [2.24, 2.45) is 0 Å². The second kappa shape index (κ2) is 9.12. The number of amides is 1. The monoisotopic (exact) mass is 397 g/mol. The Morgan fingerprint density at radius 3 is 2.54 bits per heavy atom. The summed E-state index contributed by atoms with van der Waals surface area (Å²) in [6.45, 7) is 2.46. The van der Waals surface area contributed by atoms with E-state index in [-0.39, 0.29) is 11.9 Å². The second-order valence-electron chi connectivity index (χ2n) is 6.01. The summed E-state index contributed by atoms with van der Waals surface area (Å²) in [4.78, 5) is 13.6. The summed E-state index contributed by atoms with van der Waals surface area (Å²) in [6, 6.07) is 10.4. The molecule has 2 atom stereocenters. The van der Waals surface area contributed by atoms with Crippen LogP contribution in [0.4, 0.5) is 5.69 Å². The van der Waals surface area contributed by atoms with Crippen molar-refractivity contribution in [3.63, 3.8) is 0 Å². The third kappa shape index (κ3) is 4.81. The number of quaternary nitrogens is 1. The number of hydrogen-bond acceptors (Lipinski definition) is 3. The molecule has 26 heavy (non-hydrogen) atoms. The fourth-order valence-corrected chi connectivity index (χ4v) is 3.06. The van der Waals surface area contributed by atoms with E-state index >= 15 is 0 Å². The summed E-state index contributed by atoms with van der Waals surface area (Å²) in [6.07, 6.45) is 0. The van der Waals surface area contributed by atoms with E-state index in [0.29, 0.717) is 33.8 Å². The topological polar surface area (TPSA) is 52.0 Å². The van der Waals surface area contributed by atoms with E-state index < -0.39 is 0 Å². The molecule has 0 saturated carbocycles. The first-order chi connectivity index (χ1) is 12.4. The fourth-order valence-electron chi connectivity index (χ4n) is 2.60. The van der Waals surface area contributed by atoms with Gasteiger partial charge in [0.05, 0.1) is 37.5 Å². The van der Waals surface area contributed by atoms with Crippen molar-refractivity contribution in [1.29, 1.82) is 0 Å². The number of nitrogens with one attached hydrogen (secondary N) is 2. The van der Waals surface area contributed by atoms with Crippen molar-refractivity contribution in [3.8, 4) is 11.5 Å². The molecular weight excluding hydrogens is 375 g/mol. The molecule has 2 N–H and O–H groups in total. The predicted molar refractivity (Wildman–Crippen MR) is 105 cm³/mol. The lowest BCUT2D eigenvalue weighted by atomic mass is 10.1. The van der Waals surface area contributed by atoms with Crippen molar-refractivity contribution in [3.05, 3.63) is 52.0 Å². The van der Waals surface area contributed by atoms with Gasteiger partial charge in [-0.15, -0.1) is 0 Å². The van der Waals surface area contributed by atoms with Crippen molar-refractivity contribution in [1.82, 2.24) is 0 Å². The molecule has 2 aromatic rings. The van der Waals surface area contributed by atoms with E-state index in [9.17, 15) is 4.79 Å². The van der Waals surface area contributed by atoms with Crippen LogP contribution in [0.15, 0.2) is 36.4 Å². The van der Waals surface area contributed by atoms with E-state index in [0.717, 1.165) is 10.5 Å². The van der Waals surface area contributed by atoms with Gasteiger partial charge >= 0.3 is 0 Å². The van der Waals surface area contributed by atoms with Gasteiger partial charge in [-0.1, -0.05) is 29.3 Å². The minimum Gasteiger partial charge on any atom is -0.493 e. The molecular formula is C19H23Cl2N2O3+. The van der Waals surface area contributed by atoms with Crippen LogP contribution in [0.3, 0.4) is 0 Å². The number of carbonyl (C=O) groups excluding carboxylic acids is 1.